The summed E-state index contributed by atoms with van der Waals surface area (Å²) >= 11 is 1.50. The molecular formula is C13H17N3O2S. The van der Waals surface area contributed by atoms with Gasteiger partial charge >= 0.3 is 0 Å². The Morgan fingerprint density at radius 3 is 3.11 bits per heavy atom. The van der Waals surface area contributed by atoms with Gasteiger partial charge in [-0.2, -0.15) is 0 Å². The highest BCUT2D eigenvalue weighted by atomic mass is 32.2. The Balaban J connectivity index is 1.96. The average Bonchev–Trinajstić information content (AvgIpc) is 2.38. The van der Waals surface area contributed by atoms with Crippen LogP contribution >= 0.6 is 11.8 Å². The van der Waals surface area contributed by atoms with Gasteiger partial charge in [-0.3, -0.25) is 9.59 Å². The van der Waals surface area contributed by atoms with Crippen LogP contribution in [0.3, 0.4) is 0 Å². The molecule has 1 aromatic rings. The Kier molecular flexibility index (Phi) is 4.81. The van der Waals surface area contributed by atoms with Crippen molar-refractivity contribution >= 4 is 35.0 Å². The van der Waals surface area contributed by atoms with Gasteiger partial charge in [0.15, 0.2) is 0 Å². The molecule has 1 aliphatic rings. The van der Waals surface area contributed by atoms with Crippen LogP contribution in [0.4, 0.5) is 11.4 Å². The summed E-state index contributed by atoms with van der Waals surface area (Å²) in [5, 5.41) is 8.64. The molecule has 1 aromatic carbocycles. The molecule has 0 unspecified atom stereocenters. The number of rotatable bonds is 5. The molecule has 0 aromatic heterocycles. The molecule has 2 rings (SSSR count). The van der Waals surface area contributed by atoms with E-state index in [2.05, 4.69) is 22.9 Å². The van der Waals surface area contributed by atoms with Gasteiger partial charge in [0.05, 0.1) is 18.0 Å². The normalized spacial score (nSPS) is 13.6. The van der Waals surface area contributed by atoms with Gasteiger partial charge in [0.1, 0.15) is 0 Å². The Morgan fingerprint density at radius 2 is 2.32 bits per heavy atom. The van der Waals surface area contributed by atoms with Crippen LogP contribution in [0.5, 0.6) is 0 Å². The van der Waals surface area contributed by atoms with E-state index in [-0.39, 0.29) is 11.8 Å². The lowest BCUT2D eigenvalue weighted by molar-refractivity contribution is -0.115. The molecule has 102 valence electrons. The second kappa shape index (κ2) is 6.58. The van der Waals surface area contributed by atoms with Crippen LogP contribution in [0.15, 0.2) is 23.1 Å². The number of carbonyl (C=O) groups excluding carboxylic acids is 2. The van der Waals surface area contributed by atoms with Gasteiger partial charge in [-0.25, -0.2) is 0 Å². The first kappa shape index (κ1) is 13.9. The molecule has 0 saturated carbocycles. The minimum absolute atomic E-state index is 0.00871. The highest BCUT2D eigenvalue weighted by molar-refractivity contribution is 8.00. The fourth-order valence-corrected chi connectivity index (χ4v) is 2.53. The summed E-state index contributed by atoms with van der Waals surface area (Å²) in [6.07, 6.45) is 0.995. The lowest BCUT2D eigenvalue weighted by Gasteiger charge is -2.17. The molecule has 2 amide bonds. The van der Waals surface area contributed by atoms with Crippen molar-refractivity contribution in [3.05, 3.63) is 18.2 Å². The number of hydrogen-bond donors (Lipinski definition) is 3. The maximum absolute atomic E-state index is 11.7. The topological polar surface area (TPSA) is 70.2 Å². The van der Waals surface area contributed by atoms with E-state index < -0.39 is 0 Å². The summed E-state index contributed by atoms with van der Waals surface area (Å²) in [6, 6.07) is 5.55. The van der Waals surface area contributed by atoms with Crippen LogP contribution < -0.4 is 16.0 Å². The fourth-order valence-electron chi connectivity index (χ4n) is 1.74. The molecule has 19 heavy (non-hydrogen) atoms. The molecule has 0 radical (unpaired) electrons. The van der Waals surface area contributed by atoms with Gasteiger partial charge in [-0.15, -0.1) is 11.8 Å². The van der Waals surface area contributed by atoms with E-state index in [0.717, 1.165) is 23.5 Å². The van der Waals surface area contributed by atoms with Gasteiger partial charge in [0.2, 0.25) is 11.8 Å². The van der Waals surface area contributed by atoms with E-state index in [9.17, 15) is 9.59 Å². The summed E-state index contributed by atoms with van der Waals surface area (Å²) in [5.74, 6) is 0.355. The lowest BCUT2D eigenvalue weighted by atomic mass is 10.2. The van der Waals surface area contributed by atoms with E-state index in [4.69, 9.17) is 0 Å². The van der Waals surface area contributed by atoms with E-state index in [1.807, 2.05) is 12.1 Å². The standard InChI is InChI=1S/C13H17N3O2S/c1-2-5-14-7-12(17)15-9-3-4-11-10(6-9)16-13(18)8-19-11/h3-4,6,14H,2,5,7-8H2,1H3,(H,15,17)(H,16,18). The number of amides is 2. The predicted octanol–water partition coefficient (Wildman–Crippen LogP) is 1.67. The van der Waals surface area contributed by atoms with Crippen LogP contribution in [0, 0.1) is 0 Å². The maximum Gasteiger partial charge on any atom is 0.238 e. The monoisotopic (exact) mass is 279 g/mol. The van der Waals surface area contributed by atoms with Gasteiger partial charge in [-0.05, 0) is 31.2 Å². The van der Waals surface area contributed by atoms with E-state index in [1.54, 1.807) is 6.07 Å². The number of anilines is 2. The minimum atomic E-state index is -0.0804. The van der Waals surface area contributed by atoms with Crippen molar-refractivity contribution in [3.63, 3.8) is 0 Å². The molecule has 5 nitrogen and oxygen atoms in total. The molecule has 0 bridgehead atoms. The van der Waals surface area contributed by atoms with Crippen molar-refractivity contribution < 1.29 is 9.59 Å². The number of benzene rings is 1. The number of fused-ring (bicyclic) bond motifs is 1. The highest BCUT2D eigenvalue weighted by Crippen LogP contribution is 2.33. The largest absolute Gasteiger partial charge is 0.325 e. The van der Waals surface area contributed by atoms with Crippen LogP contribution in [0.25, 0.3) is 0 Å². The van der Waals surface area contributed by atoms with Crippen molar-refractivity contribution in [1.82, 2.24) is 5.32 Å². The molecule has 0 fully saturated rings. The third-order valence-electron chi connectivity index (χ3n) is 2.61. The van der Waals surface area contributed by atoms with Crippen molar-refractivity contribution in [2.24, 2.45) is 0 Å². The zero-order valence-corrected chi connectivity index (χ0v) is 11.6. The smallest absolute Gasteiger partial charge is 0.238 e. The minimum Gasteiger partial charge on any atom is -0.325 e. The number of carbonyl (C=O) groups is 2. The number of hydrogen-bond acceptors (Lipinski definition) is 4. The van der Waals surface area contributed by atoms with Crippen LogP contribution in [-0.2, 0) is 9.59 Å². The van der Waals surface area contributed by atoms with E-state index in [1.165, 1.54) is 11.8 Å². The maximum atomic E-state index is 11.7. The van der Waals surface area contributed by atoms with E-state index in [0.29, 0.717) is 18.0 Å². The Labute approximate surface area is 116 Å². The third kappa shape index (κ3) is 3.97. The molecule has 6 heteroatoms. The predicted molar refractivity (Wildman–Crippen MR) is 77.6 cm³/mol. The first-order valence-electron chi connectivity index (χ1n) is 6.26. The molecule has 0 saturated heterocycles. The number of thioether (sulfide) groups is 1. The lowest BCUT2D eigenvalue weighted by Crippen LogP contribution is -2.28. The summed E-state index contributed by atoms with van der Waals surface area (Å²) in [5.41, 5.74) is 1.46. The summed E-state index contributed by atoms with van der Waals surface area (Å²) in [6.45, 7) is 3.17. The third-order valence-corrected chi connectivity index (χ3v) is 3.68. The second-order valence-corrected chi connectivity index (χ2v) is 5.29. The summed E-state index contributed by atoms with van der Waals surface area (Å²) in [7, 11) is 0. The van der Waals surface area contributed by atoms with E-state index >= 15 is 0 Å². The van der Waals surface area contributed by atoms with Gasteiger partial charge in [0.25, 0.3) is 0 Å². The zero-order chi connectivity index (χ0) is 13.7. The molecular weight excluding hydrogens is 262 g/mol. The summed E-state index contributed by atoms with van der Waals surface area (Å²) in [4.78, 5) is 24.0. The van der Waals surface area contributed by atoms with Crippen LogP contribution in [0.1, 0.15) is 13.3 Å². The van der Waals surface area contributed by atoms with Crippen molar-refractivity contribution in [2.75, 3.05) is 29.5 Å². The first-order valence-corrected chi connectivity index (χ1v) is 7.25. The van der Waals surface area contributed by atoms with Gasteiger partial charge < -0.3 is 16.0 Å². The highest BCUT2D eigenvalue weighted by Gasteiger charge is 2.15. The fraction of sp³-hybridized carbons (Fsp3) is 0.385. The van der Waals surface area contributed by atoms with Crippen molar-refractivity contribution in [2.45, 2.75) is 18.2 Å². The van der Waals surface area contributed by atoms with Crippen LogP contribution in [0.2, 0.25) is 0 Å². The second-order valence-electron chi connectivity index (χ2n) is 4.27. The summed E-state index contributed by atoms with van der Waals surface area (Å²) < 4.78 is 0. The zero-order valence-electron chi connectivity index (χ0n) is 10.8. The Bertz CT molecular complexity index is 491. The molecule has 0 spiro atoms. The molecule has 0 aliphatic carbocycles. The molecule has 0 atom stereocenters. The molecule has 1 aliphatic heterocycles. The molecule has 1 heterocycles. The first-order chi connectivity index (χ1) is 9.19. The van der Waals surface area contributed by atoms with Crippen LogP contribution in [-0.4, -0.2) is 30.7 Å². The van der Waals surface area contributed by atoms with Gasteiger partial charge in [0, 0.05) is 10.6 Å². The van der Waals surface area contributed by atoms with Crippen molar-refractivity contribution in [3.8, 4) is 0 Å². The Hall–Kier alpha value is -1.53. The average molecular weight is 279 g/mol. The SMILES string of the molecule is CCCNCC(=O)Nc1ccc2c(c1)NC(=O)CS2. The van der Waals surface area contributed by atoms with Gasteiger partial charge in [-0.1, -0.05) is 6.92 Å². The van der Waals surface area contributed by atoms with Crippen molar-refractivity contribution in [1.29, 1.82) is 0 Å². The Morgan fingerprint density at radius 1 is 1.47 bits per heavy atom. The quantitative estimate of drug-likeness (QED) is 0.717. The molecule has 3 N–H and O–H groups in total. The number of nitrogens with one attached hydrogen (secondary N) is 3.